The number of carbonyl (C=O) groups is 1. The van der Waals surface area contributed by atoms with Gasteiger partial charge in [-0.2, -0.15) is 0 Å². The SMILES string of the molecule is CC(C)(C)OC(O)C(CC1OC1OC(C)(C)C)NC(=O)c1nc2ccccc2n(C2C[C@H]3CC[C@@H](C2)N3C2CCCCCCC2)c1=O. The van der Waals surface area contributed by atoms with E-state index in [0.29, 0.717) is 23.6 Å². The van der Waals surface area contributed by atoms with E-state index in [-0.39, 0.29) is 29.8 Å². The Hall–Kier alpha value is -2.37. The molecule has 10 heteroatoms. The van der Waals surface area contributed by atoms with Crippen molar-refractivity contribution in [2.45, 2.75) is 179 Å². The molecule has 1 aromatic heterocycles. The minimum absolute atomic E-state index is 0.00923. The van der Waals surface area contributed by atoms with Gasteiger partial charge in [-0.1, -0.05) is 44.2 Å². The number of aromatic nitrogens is 2. The van der Waals surface area contributed by atoms with Crippen molar-refractivity contribution in [1.29, 1.82) is 0 Å². The van der Waals surface area contributed by atoms with Crippen LogP contribution in [0.2, 0.25) is 0 Å². The molecule has 10 nitrogen and oxygen atoms in total. The second kappa shape index (κ2) is 13.9. The number of benzene rings is 1. The Labute approximate surface area is 279 Å². The zero-order chi connectivity index (χ0) is 33.5. The highest BCUT2D eigenvalue weighted by molar-refractivity contribution is 5.94. The van der Waals surface area contributed by atoms with E-state index in [1.165, 1.54) is 57.8 Å². The number of nitrogens with one attached hydrogen (secondary N) is 1. The summed E-state index contributed by atoms with van der Waals surface area (Å²) in [5.74, 6) is -0.625. The number of aliphatic hydroxyl groups excluding tert-OH is 1. The number of fused-ring (bicyclic) bond motifs is 3. The van der Waals surface area contributed by atoms with Gasteiger partial charge < -0.3 is 29.2 Å². The first-order valence-electron chi connectivity index (χ1n) is 18.1. The van der Waals surface area contributed by atoms with Gasteiger partial charge in [-0.3, -0.25) is 14.5 Å². The van der Waals surface area contributed by atoms with E-state index >= 15 is 0 Å². The van der Waals surface area contributed by atoms with Crippen molar-refractivity contribution in [1.82, 2.24) is 19.8 Å². The van der Waals surface area contributed by atoms with Crippen molar-refractivity contribution in [3.63, 3.8) is 0 Å². The molecule has 1 saturated carbocycles. The van der Waals surface area contributed by atoms with E-state index in [1.54, 1.807) is 0 Å². The van der Waals surface area contributed by atoms with E-state index in [0.717, 1.165) is 18.4 Å². The van der Waals surface area contributed by atoms with Crippen LogP contribution in [0.3, 0.4) is 0 Å². The van der Waals surface area contributed by atoms with Crippen LogP contribution in [0.25, 0.3) is 11.0 Å². The Bertz CT molecular complexity index is 1440. The summed E-state index contributed by atoms with van der Waals surface area (Å²) >= 11 is 0. The van der Waals surface area contributed by atoms with Crippen molar-refractivity contribution >= 4 is 16.9 Å². The second-order valence-corrected chi connectivity index (χ2v) is 16.3. The summed E-state index contributed by atoms with van der Waals surface area (Å²) in [4.78, 5) is 35.7. The molecule has 4 heterocycles. The Kier molecular flexibility index (Phi) is 10.2. The van der Waals surface area contributed by atoms with Crippen molar-refractivity contribution in [3.8, 4) is 0 Å². The van der Waals surface area contributed by atoms with Crippen LogP contribution in [0.5, 0.6) is 0 Å². The molecule has 7 atom stereocenters. The maximum absolute atomic E-state index is 14.3. The molecular weight excluding hydrogens is 596 g/mol. The first-order valence-corrected chi connectivity index (χ1v) is 18.1. The molecule has 1 aliphatic carbocycles. The number of hydrogen-bond acceptors (Lipinski definition) is 8. The fourth-order valence-electron chi connectivity index (χ4n) is 8.31. The number of rotatable bonds is 9. The lowest BCUT2D eigenvalue weighted by Gasteiger charge is -2.45. The molecule has 47 heavy (non-hydrogen) atoms. The molecule has 260 valence electrons. The molecule has 4 fully saturated rings. The van der Waals surface area contributed by atoms with E-state index in [2.05, 4.69) is 15.2 Å². The van der Waals surface area contributed by atoms with Crippen LogP contribution in [0.4, 0.5) is 0 Å². The third-order valence-electron chi connectivity index (χ3n) is 10.3. The Morgan fingerprint density at radius 3 is 2.21 bits per heavy atom. The smallest absolute Gasteiger partial charge is 0.282 e. The Morgan fingerprint density at radius 1 is 0.936 bits per heavy atom. The van der Waals surface area contributed by atoms with Gasteiger partial charge in [0.25, 0.3) is 11.5 Å². The number of piperidine rings is 1. The first kappa shape index (κ1) is 34.5. The molecule has 6 rings (SSSR count). The number of ether oxygens (including phenoxy) is 3. The molecule has 3 aliphatic heterocycles. The van der Waals surface area contributed by atoms with E-state index in [1.807, 2.05) is 70.4 Å². The van der Waals surface area contributed by atoms with Crippen LogP contribution in [0.1, 0.15) is 135 Å². The number of epoxide rings is 1. The Morgan fingerprint density at radius 2 is 1.57 bits per heavy atom. The summed E-state index contributed by atoms with van der Waals surface area (Å²) in [6, 6.07) is 8.32. The lowest BCUT2D eigenvalue weighted by atomic mass is 9.89. The predicted octanol–water partition coefficient (Wildman–Crippen LogP) is 5.84. The fraction of sp³-hybridized carbons (Fsp3) is 0.757. The monoisotopic (exact) mass is 652 g/mol. The molecule has 2 N–H and O–H groups in total. The van der Waals surface area contributed by atoms with Crippen LogP contribution in [-0.2, 0) is 14.2 Å². The molecule has 0 spiro atoms. The number of hydrogen-bond donors (Lipinski definition) is 2. The maximum atomic E-state index is 14.3. The van der Waals surface area contributed by atoms with Gasteiger partial charge in [0.15, 0.2) is 18.3 Å². The van der Waals surface area contributed by atoms with Gasteiger partial charge >= 0.3 is 0 Å². The summed E-state index contributed by atoms with van der Waals surface area (Å²) in [7, 11) is 0. The molecular formula is C37H56N4O6. The lowest BCUT2D eigenvalue weighted by molar-refractivity contribution is -0.180. The van der Waals surface area contributed by atoms with Gasteiger partial charge in [-0.25, -0.2) is 4.98 Å². The molecule has 0 radical (unpaired) electrons. The van der Waals surface area contributed by atoms with Gasteiger partial charge in [0.1, 0.15) is 6.10 Å². The van der Waals surface area contributed by atoms with Gasteiger partial charge in [-0.05, 0) is 92.2 Å². The summed E-state index contributed by atoms with van der Waals surface area (Å²) in [5.41, 5.74) is -0.231. The Balaban J connectivity index is 1.25. The molecule has 3 saturated heterocycles. The largest absolute Gasteiger partial charge is 0.366 e. The van der Waals surface area contributed by atoms with Crippen molar-refractivity contribution < 1.29 is 24.1 Å². The van der Waals surface area contributed by atoms with Crippen LogP contribution < -0.4 is 10.9 Å². The molecule has 2 bridgehead atoms. The van der Waals surface area contributed by atoms with Crippen molar-refractivity contribution in [2.24, 2.45) is 0 Å². The topological polar surface area (TPSA) is 118 Å². The molecule has 4 aliphatic rings. The molecule has 1 aromatic carbocycles. The van der Waals surface area contributed by atoms with Crippen molar-refractivity contribution in [3.05, 3.63) is 40.3 Å². The normalized spacial score (nSPS) is 28.9. The highest BCUT2D eigenvalue weighted by Gasteiger charge is 2.47. The molecule has 2 aromatic rings. The molecule has 5 unspecified atom stereocenters. The summed E-state index contributed by atoms with van der Waals surface area (Å²) in [6.45, 7) is 11.4. The zero-order valence-electron chi connectivity index (χ0n) is 29.2. The van der Waals surface area contributed by atoms with Gasteiger partial charge in [0, 0.05) is 30.6 Å². The van der Waals surface area contributed by atoms with E-state index < -0.39 is 35.7 Å². The fourth-order valence-corrected chi connectivity index (χ4v) is 8.31. The lowest BCUT2D eigenvalue weighted by Crippen LogP contribution is -2.51. The number of nitrogens with zero attached hydrogens (tertiary/aromatic N) is 3. The quantitative estimate of drug-likeness (QED) is 0.256. The first-order chi connectivity index (χ1) is 22.3. The number of amides is 1. The second-order valence-electron chi connectivity index (χ2n) is 16.3. The standard InChI is InChI=1S/C37H56N4O6/c1-36(2,3)46-34(44)28(22-30-35(45-30)47-37(4,5)6)39-32(42)31-33(43)41(29-17-13-12-16-27(29)38-31)26-20-24-18-19-25(21-26)40(24)23-14-10-8-7-9-11-15-23/h12-13,16-17,23-26,28,30,34-35,44H,7-11,14-15,18-22H2,1-6H3,(H,39,42)/t24-,25+,26?,28?,30?,34?,35?. The zero-order valence-corrected chi connectivity index (χ0v) is 29.2. The average Bonchev–Trinajstić information content (AvgIpc) is 3.63. The highest BCUT2D eigenvalue weighted by Crippen LogP contribution is 2.44. The van der Waals surface area contributed by atoms with Crippen LogP contribution in [-0.4, -0.2) is 79.5 Å². The maximum Gasteiger partial charge on any atom is 0.282 e. The van der Waals surface area contributed by atoms with Crippen LogP contribution in [0, 0.1) is 0 Å². The number of carbonyl (C=O) groups excluding carboxylic acids is 1. The highest BCUT2D eigenvalue weighted by atomic mass is 16.8. The minimum Gasteiger partial charge on any atom is -0.366 e. The average molecular weight is 653 g/mol. The van der Waals surface area contributed by atoms with Crippen LogP contribution in [0.15, 0.2) is 29.1 Å². The third kappa shape index (κ3) is 8.27. The minimum atomic E-state index is -1.32. The van der Waals surface area contributed by atoms with E-state index in [4.69, 9.17) is 14.2 Å². The number of para-hydroxylation sites is 2. The van der Waals surface area contributed by atoms with Gasteiger partial charge in [0.05, 0.1) is 28.3 Å². The third-order valence-corrected chi connectivity index (χ3v) is 10.3. The summed E-state index contributed by atoms with van der Waals surface area (Å²) in [5, 5.41) is 14.0. The van der Waals surface area contributed by atoms with Crippen LogP contribution >= 0.6 is 0 Å². The number of aliphatic hydroxyl groups is 1. The molecule has 1 amide bonds. The van der Waals surface area contributed by atoms with Gasteiger partial charge in [-0.15, -0.1) is 0 Å². The van der Waals surface area contributed by atoms with Crippen molar-refractivity contribution in [2.75, 3.05) is 0 Å². The summed E-state index contributed by atoms with van der Waals surface area (Å²) in [6.07, 6.45) is 11.5. The van der Waals surface area contributed by atoms with E-state index in [9.17, 15) is 14.7 Å². The predicted molar refractivity (Wildman–Crippen MR) is 181 cm³/mol. The summed E-state index contributed by atoms with van der Waals surface area (Å²) < 4.78 is 19.4. The van der Waals surface area contributed by atoms with Gasteiger partial charge in [0.2, 0.25) is 0 Å².